The van der Waals surface area contributed by atoms with E-state index in [2.05, 4.69) is 4.98 Å². The Labute approximate surface area is 85.6 Å². The molecule has 0 saturated carbocycles. The fourth-order valence-corrected chi connectivity index (χ4v) is 1.30. The zero-order valence-electron chi connectivity index (χ0n) is 7.96. The van der Waals surface area contributed by atoms with Gasteiger partial charge in [0.25, 0.3) is 6.43 Å². The van der Waals surface area contributed by atoms with E-state index in [0.29, 0.717) is 5.56 Å². The van der Waals surface area contributed by atoms with Crippen LogP contribution in [0.25, 0.3) is 0 Å². The van der Waals surface area contributed by atoms with Crippen LogP contribution in [0, 0.1) is 29.6 Å². The van der Waals surface area contributed by atoms with Crippen LogP contribution in [0.15, 0.2) is 6.20 Å². The fourth-order valence-electron chi connectivity index (χ4n) is 1.30. The van der Waals surface area contributed by atoms with E-state index in [0.717, 1.165) is 0 Å². The fraction of sp³-hybridized carbons (Fsp3) is 0.300. The summed E-state index contributed by atoms with van der Waals surface area (Å²) in [4.78, 5) is 3.61. The molecule has 1 rings (SSSR count). The smallest absolute Gasteiger partial charge is 0.245 e. The maximum atomic E-state index is 12.7. The second-order valence-electron chi connectivity index (χ2n) is 2.93. The first-order valence-electron chi connectivity index (χ1n) is 4.15. The van der Waals surface area contributed by atoms with Crippen molar-refractivity contribution in [1.29, 1.82) is 10.5 Å². The molecule has 3 nitrogen and oxygen atoms in total. The van der Waals surface area contributed by atoms with Crippen LogP contribution in [-0.2, 0) is 6.42 Å². The second-order valence-corrected chi connectivity index (χ2v) is 2.93. The van der Waals surface area contributed by atoms with E-state index in [4.69, 9.17) is 10.5 Å². The molecule has 15 heavy (non-hydrogen) atoms. The molecule has 76 valence electrons. The third kappa shape index (κ3) is 2.08. The maximum Gasteiger partial charge on any atom is 0.266 e. The van der Waals surface area contributed by atoms with Crippen molar-refractivity contribution in [2.75, 3.05) is 0 Å². The first kappa shape index (κ1) is 11.1. The second kappa shape index (κ2) is 4.47. The molecule has 0 amide bonds. The minimum Gasteiger partial charge on any atom is -0.245 e. The summed E-state index contributed by atoms with van der Waals surface area (Å²) in [6.45, 7) is 1.59. The molecular formula is C10H7F2N3. The van der Waals surface area contributed by atoms with E-state index in [1.807, 2.05) is 0 Å². The van der Waals surface area contributed by atoms with Crippen LogP contribution >= 0.6 is 0 Å². The van der Waals surface area contributed by atoms with Crippen molar-refractivity contribution in [3.63, 3.8) is 0 Å². The van der Waals surface area contributed by atoms with E-state index in [9.17, 15) is 8.78 Å². The minimum absolute atomic E-state index is 0.136. The Hall–Kier alpha value is -2.01. The molecule has 0 saturated heterocycles. The topological polar surface area (TPSA) is 60.5 Å². The molecule has 1 aromatic rings. The molecule has 0 unspecified atom stereocenters. The highest BCUT2D eigenvalue weighted by Crippen LogP contribution is 2.27. The maximum absolute atomic E-state index is 12.7. The van der Waals surface area contributed by atoms with E-state index < -0.39 is 12.0 Å². The van der Waals surface area contributed by atoms with Gasteiger partial charge in [-0.3, -0.25) is 0 Å². The number of aromatic nitrogens is 1. The van der Waals surface area contributed by atoms with Gasteiger partial charge in [0.1, 0.15) is 11.8 Å². The van der Waals surface area contributed by atoms with Crippen molar-refractivity contribution in [1.82, 2.24) is 4.98 Å². The third-order valence-corrected chi connectivity index (χ3v) is 2.02. The number of hydrogen-bond acceptors (Lipinski definition) is 3. The average molecular weight is 207 g/mol. The highest BCUT2D eigenvalue weighted by atomic mass is 19.3. The number of alkyl halides is 2. The number of nitriles is 2. The molecule has 0 bridgehead atoms. The first-order chi connectivity index (χ1) is 7.11. The van der Waals surface area contributed by atoms with Gasteiger partial charge in [0.15, 0.2) is 0 Å². The molecular weight excluding hydrogens is 200 g/mol. The van der Waals surface area contributed by atoms with E-state index in [1.165, 1.54) is 6.20 Å². The number of pyridine rings is 1. The normalized spacial score (nSPS) is 9.73. The van der Waals surface area contributed by atoms with Crippen molar-refractivity contribution in [2.24, 2.45) is 0 Å². The quantitative estimate of drug-likeness (QED) is 0.747. The lowest BCUT2D eigenvalue weighted by Gasteiger charge is -2.09. The van der Waals surface area contributed by atoms with Gasteiger partial charge in [-0.25, -0.2) is 13.8 Å². The van der Waals surface area contributed by atoms with E-state index >= 15 is 0 Å². The molecule has 0 spiro atoms. The van der Waals surface area contributed by atoms with Crippen LogP contribution in [-0.4, -0.2) is 4.98 Å². The van der Waals surface area contributed by atoms with Gasteiger partial charge < -0.3 is 0 Å². The molecule has 0 aromatic carbocycles. The van der Waals surface area contributed by atoms with Gasteiger partial charge in [0.05, 0.1) is 18.1 Å². The van der Waals surface area contributed by atoms with Crippen LogP contribution in [0.4, 0.5) is 8.78 Å². The predicted octanol–water partition coefficient (Wildman–Crippen LogP) is 2.27. The lowest BCUT2D eigenvalue weighted by atomic mass is 10.00. The number of halogens is 2. The molecule has 0 aliphatic rings. The van der Waals surface area contributed by atoms with Crippen LogP contribution in [0.1, 0.15) is 28.8 Å². The Balaban J connectivity index is 3.47. The standard InChI is InChI=1S/C10H7F2N3/c1-6-5-15-8(4-14)9(10(11)12)7(6)2-3-13/h5,10H,2H2,1H3. The largest absolute Gasteiger partial charge is 0.266 e. The van der Waals surface area contributed by atoms with Gasteiger partial charge in [0, 0.05) is 6.20 Å². The number of rotatable bonds is 2. The van der Waals surface area contributed by atoms with Gasteiger partial charge in [0.2, 0.25) is 0 Å². The molecule has 5 heteroatoms. The zero-order valence-corrected chi connectivity index (χ0v) is 7.96. The van der Waals surface area contributed by atoms with Gasteiger partial charge in [-0.15, -0.1) is 0 Å². The van der Waals surface area contributed by atoms with Crippen molar-refractivity contribution in [3.8, 4) is 12.1 Å². The third-order valence-electron chi connectivity index (χ3n) is 2.02. The lowest BCUT2D eigenvalue weighted by Crippen LogP contribution is -2.03. The van der Waals surface area contributed by atoms with Crippen molar-refractivity contribution in [2.45, 2.75) is 19.8 Å². The van der Waals surface area contributed by atoms with Crippen molar-refractivity contribution >= 4 is 0 Å². The molecule has 1 aromatic heterocycles. The van der Waals surface area contributed by atoms with Crippen LogP contribution in [0.2, 0.25) is 0 Å². The molecule has 0 fully saturated rings. The van der Waals surface area contributed by atoms with Gasteiger partial charge in [-0.05, 0) is 18.1 Å². The Morgan fingerprint density at radius 1 is 1.47 bits per heavy atom. The van der Waals surface area contributed by atoms with Crippen LogP contribution in [0.5, 0.6) is 0 Å². The molecule has 0 radical (unpaired) electrons. The Kier molecular flexibility index (Phi) is 3.30. The SMILES string of the molecule is Cc1cnc(C#N)c(C(F)F)c1CC#N. The average Bonchev–Trinajstić information content (AvgIpc) is 2.20. The summed E-state index contributed by atoms with van der Waals surface area (Å²) in [7, 11) is 0. The Morgan fingerprint density at radius 3 is 2.60 bits per heavy atom. The molecule has 1 heterocycles. The van der Waals surface area contributed by atoms with E-state index in [1.54, 1.807) is 19.1 Å². The lowest BCUT2D eigenvalue weighted by molar-refractivity contribution is 0.149. The summed E-state index contributed by atoms with van der Waals surface area (Å²) in [6.07, 6.45) is -1.59. The summed E-state index contributed by atoms with van der Waals surface area (Å²) in [5.41, 5.74) is -0.00944. The summed E-state index contributed by atoms with van der Waals surface area (Å²) >= 11 is 0. The highest BCUT2D eigenvalue weighted by molar-refractivity contribution is 5.43. The monoisotopic (exact) mass is 207 g/mol. The summed E-state index contributed by atoms with van der Waals surface area (Å²) in [5, 5.41) is 17.1. The highest BCUT2D eigenvalue weighted by Gasteiger charge is 2.20. The van der Waals surface area contributed by atoms with Crippen molar-refractivity contribution < 1.29 is 8.78 Å². The minimum atomic E-state index is -2.78. The number of nitrogens with zero attached hydrogens (tertiary/aromatic N) is 3. The molecule has 0 aliphatic heterocycles. The first-order valence-corrected chi connectivity index (χ1v) is 4.15. The summed E-state index contributed by atoms with van der Waals surface area (Å²) < 4.78 is 25.4. The van der Waals surface area contributed by atoms with Crippen LogP contribution in [0.3, 0.4) is 0 Å². The summed E-state index contributed by atoms with van der Waals surface area (Å²) in [6, 6.07) is 3.40. The molecule has 0 aliphatic carbocycles. The Bertz CT molecular complexity index is 455. The number of hydrogen-bond donors (Lipinski definition) is 0. The summed E-state index contributed by atoms with van der Waals surface area (Å²) in [5.74, 6) is 0. The Morgan fingerprint density at radius 2 is 2.13 bits per heavy atom. The molecule has 0 N–H and O–H groups in total. The van der Waals surface area contributed by atoms with Crippen molar-refractivity contribution in [3.05, 3.63) is 28.6 Å². The van der Waals surface area contributed by atoms with Gasteiger partial charge >= 0.3 is 0 Å². The van der Waals surface area contributed by atoms with E-state index in [-0.39, 0.29) is 17.7 Å². The molecule has 0 atom stereocenters. The van der Waals surface area contributed by atoms with Gasteiger partial charge in [-0.2, -0.15) is 10.5 Å². The zero-order chi connectivity index (χ0) is 11.4. The number of aryl methyl sites for hydroxylation is 1. The van der Waals surface area contributed by atoms with Gasteiger partial charge in [-0.1, -0.05) is 0 Å². The predicted molar refractivity (Wildman–Crippen MR) is 48.0 cm³/mol. The van der Waals surface area contributed by atoms with Crippen LogP contribution < -0.4 is 0 Å².